The van der Waals surface area contributed by atoms with Crippen molar-refractivity contribution in [2.24, 2.45) is 16.7 Å². The molecule has 1 unspecified atom stereocenters. The molecule has 2 aliphatic heterocycles. The van der Waals surface area contributed by atoms with Gasteiger partial charge in [0.05, 0.1) is 42.4 Å². The number of nitrogens with one attached hydrogen (secondary N) is 1. The number of H-pyrrole nitrogens is 1. The number of nitrogens with zero attached hydrogens (tertiary/aromatic N) is 1. The van der Waals surface area contributed by atoms with Gasteiger partial charge in [0, 0.05) is 18.2 Å². The molecule has 2 aliphatic rings. The molecule has 10 nitrogen and oxygen atoms in total. The molecule has 0 spiro atoms. The second-order valence-corrected chi connectivity index (χ2v) is 11.7. The van der Waals surface area contributed by atoms with Crippen LogP contribution in [0.15, 0.2) is 21.9 Å². The predicted octanol–water partition coefficient (Wildman–Crippen LogP) is 2.30. The average Bonchev–Trinajstić information content (AvgIpc) is 2.99. The summed E-state index contributed by atoms with van der Waals surface area (Å²) in [6.45, 7) is 8.78. The molecule has 0 amide bonds. The molecule has 2 fully saturated rings. The summed E-state index contributed by atoms with van der Waals surface area (Å²) in [7, 11) is -3.53. The number of esters is 1. The number of hydrogen-bond acceptors (Lipinski definition) is 8. The summed E-state index contributed by atoms with van der Waals surface area (Å²) in [6, 6.07) is 1.21. The Morgan fingerprint density at radius 1 is 1.45 bits per heavy atom. The summed E-state index contributed by atoms with van der Waals surface area (Å²) >= 11 is 0. The Kier molecular flexibility index (Phi) is 7.11. The molecule has 0 aliphatic carbocycles. The van der Waals surface area contributed by atoms with Gasteiger partial charge in [-0.15, -0.1) is 6.42 Å². The second-order valence-electron chi connectivity index (χ2n) is 9.59. The van der Waals surface area contributed by atoms with Gasteiger partial charge in [-0.25, -0.2) is 4.79 Å². The topological polar surface area (TPSA) is 126 Å². The number of hydrogen-bond donors (Lipinski definition) is 1. The van der Waals surface area contributed by atoms with Crippen molar-refractivity contribution in [3.63, 3.8) is 0 Å². The first-order valence-electron chi connectivity index (χ1n) is 10.9. The summed E-state index contributed by atoms with van der Waals surface area (Å²) in [5, 5.41) is 0. The molecule has 1 aromatic rings. The lowest BCUT2D eigenvalue weighted by atomic mass is 9.77. The maximum Gasteiger partial charge on any atom is 0.331 e. The van der Waals surface area contributed by atoms with Gasteiger partial charge in [-0.2, -0.15) is 0 Å². The van der Waals surface area contributed by atoms with E-state index < -0.39 is 47.9 Å². The van der Waals surface area contributed by atoms with E-state index >= 15 is 0 Å². The second kappa shape index (κ2) is 9.22. The number of carbonyl (C=O) groups excluding carboxylic acids is 1. The van der Waals surface area contributed by atoms with E-state index in [1.807, 2.05) is 0 Å². The molecule has 11 heteroatoms. The van der Waals surface area contributed by atoms with Crippen molar-refractivity contribution in [2.45, 2.75) is 59.5 Å². The Bertz CT molecular complexity index is 1100. The van der Waals surface area contributed by atoms with Gasteiger partial charge < -0.3 is 18.5 Å². The van der Waals surface area contributed by atoms with Crippen LogP contribution in [0.2, 0.25) is 0 Å². The van der Waals surface area contributed by atoms with Gasteiger partial charge in [-0.05, 0) is 41.0 Å². The minimum atomic E-state index is -3.53. The van der Waals surface area contributed by atoms with E-state index in [2.05, 4.69) is 10.9 Å². The van der Waals surface area contributed by atoms with Gasteiger partial charge in [0.2, 0.25) is 0 Å². The maximum atomic E-state index is 13.4. The third kappa shape index (κ3) is 5.17. The van der Waals surface area contributed by atoms with Crippen LogP contribution in [0.1, 0.15) is 47.3 Å². The zero-order valence-electron chi connectivity index (χ0n) is 19.5. The molecule has 3 rings (SSSR count). The van der Waals surface area contributed by atoms with Gasteiger partial charge in [0.1, 0.15) is 0 Å². The monoisotopic (exact) mass is 482 g/mol. The lowest BCUT2D eigenvalue weighted by Gasteiger charge is -2.36. The lowest BCUT2D eigenvalue weighted by molar-refractivity contribution is -0.158. The standard InChI is InChI=1S/C22H31N2O8P/c1-7-22(6)15-13-33(28,29-11-9-21(4,5)19(26)31-14(2)3)30-12-16(15)32-18(22)24-10-8-17(25)23-20(24)27/h1,8,10,14-16,18H,9,11-13H2,2-6H3,(H,23,25,27)/t15-,16-,18-,22-,33?/m1/s1. The summed E-state index contributed by atoms with van der Waals surface area (Å²) < 4.78 is 37.1. The van der Waals surface area contributed by atoms with Gasteiger partial charge in [-0.1, -0.05) is 5.92 Å². The highest BCUT2D eigenvalue weighted by Crippen LogP contribution is 2.61. The molecule has 182 valence electrons. The predicted molar refractivity (Wildman–Crippen MR) is 120 cm³/mol. The Morgan fingerprint density at radius 3 is 2.76 bits per heavy atom. The fourth-order valence-corrected chi connectivity index (χ4v) is 6.19. The van der Waals surface area contributed by atoms with Gasteiger partial charge in [-0.3, -0.25) is 23.7 Å². The lowest BCUT2D eigenvalue weighted by Crippen LogP contribution is -2.40. The highest BCUT2D eigenvalue weighted by atomic mass is 31.2. The van der Waals surface area contributed by atoms with Crippen LogP contribution < -0.4 is 11.2 Å². The number of aromatic nitrogens is 2. The van der Waals surface area contributed by atoms with Crippen LogP contribution in [0, 0.1) is 29.1 Å². The summed E-state index contributed by atoms with van der Waals surface area (Å²) in [5.41, 5.74) is -3.00. The third-order valence-electron chi connectivity index (χ3n) is 6.22. The van der Waals surface area contributed by atoms with Crippen molar-refractivity contribution in [1.82, 2.24) is 9.55 Å². The Labute approximate surface area is 192 Å². The van der Waals surface area contributed by atoms with Crippen molar-refractivity contribution in [3.05, 3.63) is 33.1 Å². The van der Waals surface area contributed by atoms with E-state index in [1.54, 1.807) is 34.6 Å². The van der Waals surface area contributed by atoms with Crippen molar-refractivity contribution in [1.29, 1.82) is 0 Å². The van der Waals surface area contributed by atoms with Crippen LogP contribution in [0.3, 0.4) is 0 Å². The van der Waals surface area contributed by atoms with E-state index in [-0.39, 0.29) is 37.9 Å². The number of fused-ring (bicyclic) bond motifs is 1. The van der Waals surface area contributed by atoms with Crippen molar-refractivity contribution in [3.8, 4) is 12.3 Å². The minimum absolute atomic E-state index is 0.00381. The Hall–Kier alpha value is -2.18. The molecule has 2 saturated heterocycles. The van der Waals surface area contributed by atoms with E-state index in [0.717, 1.165) is 0 Å². The summed E-state index contributed by atoms with van der Waals surface area (Å²) in [6.07, 6.45) is 5.87. The van der Waals surface area contributed by atoms with Crippen molar-refractivity contribution in [2.75, 3.05) is 19.4 Å². The van der Waals surface area contributed by atoms with E-state index in [0.29, 0.717) is 0 Å². The first kappa shape index (κ1) is 25.4. The average molecular weight is 482 g/mol. The number of ether oxygens (including phenoxy) is 2. The summed E-state index contributed by atoms with van der Waals surface area (Å²) in [5.74, 6) is 1.94. The quantitative estimate of drug-likeness (QED) is 0.357. The van der Waals surface area contributed by atoms with Gasteiger partial charge in [0.25, 0.3) is 5.56 Å². The van der Waals surface area contributed by atoms with Crippen molar-refractivity contribution < 1.29 is 27.9 Å². The van der Waals surface area contributed by atoms with E-state index in [4.69, 9.17) is 24.9 Å². The number of rotatable bonds is 7. The molecule has 0 aromatic carbocycles. The van der Waals surface area contributed by atoms with Crippen LogP contribution in [0.4, 0.5) is 0 Å². The third-order valence-corrected chi connectivity index (χ3v) is 8.18. The molecule has 1 N–H and O–H groups in total. The molecule has 5 atom stereocenters. The van der Waals surface area contributed by atoms with E-state index in [9.17, 15) is 18.9 Å². The fourth-order valence-electron chi connectivity index (χ4n) is 4.06. The SMILES string of the molecule is C#C[C@]1(C)[C@@H]2CP(=O)(OCCC(C)(C)C(=O)OC(C)C)OC[C@H]2O[C@H]1n1ccc(=O)[nH]c1=O. The number of carbonyl (C=O) groups is 1. The maximum absolute atomic E-state index is 13.4. The first-order chi connectivity index (χ1) is 15.3. The molecular weight excluding hydrogens is 451 g/mol. The first-order valence-corrected chi connectivity index (χ1v) is 12.6. The molecule has 0 radical (unpaired) electrons. The van der Waals surface area contributed by atoms with Crippen molar-refractivity contribution >= 4 is 13.6 Å². The molecular formula is C22H31N2O8P. The molecule has 0 saturated carbocycles. The highest BCUT2D eigenvalue weighted by Gasteiger charge is 2.58. The Balaban J connectivity index is 1.72. The fraction of sp³-hybridized carbons (Fsp3) is 0.682. The van der Waals surface area contributed by atoms with Crippen LogP contribution in [-0.2, 0) is 27.9 Å². The van der Waals surface area contributed by atoms with E-state index in [1.165, 1.54) is 16.8 Å². The van der Waals surface area contributed by atoms with Gasteiger partial charge >= 0.3 is 19.3 Å². The largest absolute Gasteiger partial charge is 0.463 e. The molecule has 33 heavy (non-hydrogen) atoms. The highest BCUT2D eigenvalue weighted by molar-refractivity contribution is 7.53. The van der Waals surface area contributed by atoms with Gasteiger partial charge in [0.15, 0.2) is 6.23 Å². The zero-order chi connectivity index (χ0) is 24.6. The number of aromatic amines is 1. The van der Waals surface area contributed by atoms with Crippen LogP contribution >= 0.6 is 7.60 Å². The smallest absolute Gasteiger partial charge is 0.331 e. The Morgan fingerprint density at radius 2 is 2.15 bits per heavy atom. The van der Waals surface area contributed by atoms with Crippen LogP contribution in [0.25, 0.3) is 0 Å². The summed E-state index contributed by atoms with van der Waals surface area (Å²) in [4.78, 5) is 38.2. The molecule has 1 aromatic heterocycles. The zero-order valence-corrected chi connectivity index (χ0v) is 20.4. The van der Waals surface area contributed by atoms with Crippen LogP contribution in [-0.4, -0.2) is 47.1 Å². The molecule has 3 heterocycles. The molecule has 0 bridgehead atoms. The minimum Gasteiger partial charge on any atom is -0.463 e. The number of terminal acetylenes is 1. The van der Waals surface area contributed by atoms with Crippen LogP contribution in [0.5, 0.6) is 0 Å². The normalized spacial score (nSPS) is 31.7.